The summed E-state index contributed by atoms with van der Waals surface area (Å²) in [5, 5.41) is 4.97. The van der Waals surface area contributed by atoms with Gasteiger partial charge in [-0.1, -0.05) is 11.6 Å². The van der Waals surface area contributed by atoms with E-state index >= 15 is 0 Å². The predicted molar refractivity (Wildman–Crippen MR) is 86.7 cm³/mol. The first-order chi connectivity index (χ1) is 11.1. The van der Waals surface area contributed by atoms with Crippen LogP contribution in [0, 0.1) is 5.82 Å². The van der Waals surface area contributed by atoms with Crippen LogP contribution in [0.4, 0.5) is 14.9 Å². The van der Waals surface area contributed by atoms with Crippen LogP contribution in [-0.4, -0.2) is 19.4 Å². The first-order valence-electron chi connectivity index (χ1n) is 6.94. The fraction of sp³-hybridized carbons (Fsp3) is 0.188. The van der Waals surface area contributed by atoms with E-state index in [-0.39, 0.29) is 11.8 Å². The van der Waals surface area contributed by atoms with E-state index in [9.17, 15) is 9.18 Å². The van der Waals surface area contributed by atoms with Gasteiger partial charge in [0.15, 0.2) is 6.73 Å². The molecule has 0 atom stereocenters. The predicted octanol–water partition coefficient (Wildman–Crippen LogP) is 4.04. The largest absolute Gasteiger partial charge is 0.494 e. The van der Waals surface area contributed by atoms with Crippen molar-refractivity contribution in [2.45, 2.75) is 6.92 Å². The van der Waals surface area contributed by atoms with E-state index in [0.717, 1.165) is 5.75 Å². The topological polar surface area (TPSA) is 59.6 Å². The zero-order valence-electron chi connectivity index (χ0n) is 12.4. The molecule has 2 N–H and O–H groups in total. The first kappa shape index (κ1) is 16.9. The van der Waals surface area contributed by atoms with Crippen LogP contribution in [-0.2, 0) is 0 Å². The SMILES string of the molecule is CCOc1ccc(OCNC(=O)Nc2ccc(F)c(Cl)c2)cc1. The number of urea groups is 1. The van der Waals surface area contributed by atoms with Gasteiger partial charge in [0.05, 0.1) is 11.6 Å². The highest BCUT2D eigenvalue weighted by atomic mass is 35.5. The van der Waals surface area contributed by atoms with Crippen molar-refractivity contribution in [2.75, 3.05) is 18.7 Å². The molecule has 2 amide bonds. The summed E-state index contributed by atoms with van der Waals surface area (Å²) in [4.78, 5) is 11.7. The van der Waals surface area contributed by atoms with Crippen LogP contribution >= 0.6 is 11.6 Å². The smallest absolute Gasteiger partial charge is 0.321 e. The highest BCUT2D eigenvalue weighted by molar-refractivity contribution is 6.31. The molecule has 23 heavy (non-hydrogen) atoms. The standard InChI is InChI=1S/C16H16ClFN2O3/c1-2-22-12-4-6-13(7-5-12)23-10-19-16(21)20-11-3-8-15(18)14(17)9-11/h3-9H,2,10H2,1H3,(H2,19,20,21). The zero-order valence-corrected chi connectivity index (χ0v) is 13.2. The maximum atomic E-state index is 13.0. The Labute approximate surface area is 138 Å². The van der Waals surface area contributed by atoms with E-state index in [0.29, 0.717) is 18.0 Å². The lowest BCUT2D eigenvalue weighted by Crippen LogP contribution is -2.32. The van der Waals surface area contributed by atoms with Gasteiger partial charge < -0.3 is 20.1 Å². The van der Waals surface area contributed by atoms with Crippen LogP contribution in [0.1, 0.15) is 6.92 Å². The second kappa shape index (κ2) is 8.24. The summed E-state index contributed by atoms with van der Waals surface area (Å²) in [6.07, 6.45) is 0. The van der Waals surface area contributed by atoms with Crippen LogP contribution in [0.25, 0.3) is 0 Å². The van der Waals surface area contributed by atoms with E-state index in [1.165, 1.54) is 18.2 Å². The summed E-state index contributed by atoms with van der Waals surface area (Å²) >= 11 is 5.64. The molecule has 122 valence electrons. The van der Waals surface area contributed by atoms with Gasteiger partial charge in [0.25, 0.3) is 0 Å². The quantitative estimate of drug-likeness (QED) is 0.782. The highest BCUT2D eigenvalue weighted by Gasteiger charge is 2.05. The van der Waals surface area contributed by atoms with Crippen molar-refractivity contribution < 1.29 is 18.7 Å². The number of rotatable bonds is 6. The third-order valence-electron chi connectivity index (χ3n) is 2.78. The third kappa shape index (κ3) is 5.34. The van der Waals surface area contributed by atoms with Crippen LogP contribution in [0.3, 0.4) is 0 Å². The first-order valence-corrected chi connectivity index (χ1v) is 7.32. The van der Waals surface area contributed by atoms with E-state index in [1.807, 2.05) is 6.92 Å². The van der Waals surface area contributed by atoms with Crippen LogP contribution in [0.5, 0.6) is 11.5 Å². The molecular formula is C16H16ClFN2O3. The molecule has 0 heterocycles. The molecule has 2 rings (SSSR count). The molecule has 2 aromatic carbocycles. The Hall–Kier alpha value is -2.47. The van der Waals surface area contributed by atoms with E-state index in [2.05, 4.69) is 10.6 Å². The van der Waals surface area contributed by atoms with E-state index in [4.69, 9.17) is 21.1 Å². The molecule has 2 aromatic rings. The molecule has 0 bridgehead atoms. The molecule has 0 fully saturated rings. The molecule has 0 aromatic heterocycles. The van der Waals surface area contributed by atoms with Gasteiger partial charge in [0, 0.05) is 5.69 Å². The van der Waals surface area contributed by atoms with Crippen molar-refractivity contribution in [3.8, 4) is 11.5 Å². The summed E-state index contributed by atoms with van der Waals surface area (Å²) in [5.41, 5.74) is 0.384. The minimum atomic E-state index is -0.545. The lowest BCUT2D eigenvalue weighted by molar-refractivity contribution is 0.234. The molecule has 5 nitrogen and oxygen atoms in total. The second-order valence-electron chi connectivity index (χ2n) is 4.45. The minimum absolute atomic E-state index is 0.0191. The number of hydrogen-bond acceptors (Lipinski definition) is 3. The Morgan fingerprint density at radius 1 is 1.13 bits per heavy atom. The van der Waals surface area contributed by atoms with Crippen LogP contribution in [0.2, 0.25) is 5.02 Å². The van der Waals surface area contributed by atoms with Crippen molar-refractivity contribution in [3.63, 3.8) is 0 Å². The number of nitrogens with one attached hydrogen (secondary N) is 2. The van der Waals surface area contributed by atoms with Gasteiger partial charge in [-0.2, -0.15) is 0 Å². The molecule has 0 spiro atoms. The van der Waals surface area contributed by atoms with Gasteiger partial charge in [-0.3, -0.25) is 0 Å². The fourth-order valence-electron chi connectivity index (χ4n) is 1.73. The summed E-state index contributed by atoms with van der Waals surface area (Å²) in [6, 6.07) is 10.5. The Kier molecular flexibility index (Phi) is 6.05. The molecule has 0 aliphatic rings. The Bertz CT molecular complexity index is 665. The molecule has 0 unspecified atom stereocenters. The van der Waals surface area contributed by atoms with Crippen molar-refractivity contribution in [1.29, 1.82) is 0 Å². The van der Waals surface area contributed by atoms with Gasteiger partial charge in [-0.15, -0.1) is 0 Å². The van der Waals surface area contributed by atoms with Gasteiger partial charge in [0.2, 0.25) is 0 Å². The summed E-state index contributed by atoms with van der Waals surface area (Å²) in [5.74, 6) is 0.800. The summed E-state index contributed by atoms with van der Waals surface area (Å²) < 4.78 is 23.7. The molecule has 0 saturated heterocycles. The zero-order chi connectivity index (χ0) is 16.7. The number of amides is 2. The summed E-state index contributed by atoms with van der Waals surface area (Å²) in [6.45, 7) is 2.48. The lowest BCUT2D eigenvalue weighted by atomic mass is 10.3. The van der Waals surface area contributed by atoms with Gasteiger partial charge in [-0.25, -0.2) is 9.18 Å². The number of halogens is 2. The molecule has 0 aliphatic heterocycles. The third-order valence-corrected chi connectivity index (χ3v) is 3.07. The number of carbonyl (C=O) groups excluding carboxylic acids is 1. The molecule has 0 saturated carbocycles. The second-order valence-corrected chi connectivity index (χ2v) is 4.86. The fourth-order valence-corrected chi connectivity index (χ4v) is 1.91. The summed E-state index contributed by atoms with van der Waals surface area (Å²) in [7, 11) is 0. The molecule has 0 aliphatic carbocycles. The Morgan fingerprint density at radius 2 is 1.78 bits per heavy atom. The number of benzene rings is 2. The monoisotopic (exact) mass is 338 g/mol. The van der Waals surface area contributed by atoms with Crippen molar-refractivity contribution in [1.82, 2.24) is 5.32 Å². The minimum Gasteiger partial charge on any atom is -0.494 e. The van der Waals surface area contributed by atoms with E-state index in [1.54, 1.807) is 24.3 Å². The van der Waals surface area contributed by atoms with Gasteiger partial charge in [-0.05, 0) is 49.4 Å². The van der Waals surface area contributed by atoms with Gasteiger partial charge in [0.1, 0.15) is 17.3 Å². The maximum absolute atomic E-state index is 13.0. The molecular weight excluding hydrogens is 323 g/mol. The van der Waals surface area contributed by atoms with Crippen LogP contribution in [0.15, 0.2) is 42.5 Å². The van der Waals surface area contributed by atoms with E-state index < -0.39 is 11.8 Å². The van der Waals surface area contributed by atoms with Crippen molar-refractivity contribution in [2.24, 2.45) is 0 Å². The van der Waals surface area contributed by atoms with Crippen molar-refractivity contribution >= 4 is 23.3 Å². The number of anilines is 1. The van der Waals surface area contributed by atoms with Crippen molar-refractivity contribution in [3.05, 3.63) is 53.3 Å². The molecule has 7 heteroatoms. The maximum Gasteiger partial charge on any atom is 0.321 e. The Morgan fingerprint density at radius 3 is 2.39 bits per heavy atom. The molecule has 0 radical (unpaired) electrons. The van der Waals surface area contributed by atoms with Gasteiger partial charge >= 0.3 is 6.03 Å². The highest BCUT2D eigenvalue weighted by Crippen LogP contribution is 2.19. The van der Waals surface area contributed by atoms with Crippen LogP contribution < -0.4 is 20.1 Å². The number of hydrogen-bond donors (Lipinski definition) is 2. The normalized spacial score (nSPS) is 10.0. The number of carbonyl (C=O) groups is 1. The number of ether oxygens (including phenoxy) is 2. The Balaban J connectivity index is 1.76. The average Bonchev–Trinajstić information content (AvgIpc) is 2.53. The lowest BCUT2D eigenvalue weighted by Gasteiger charge is -2.10. The average molecular weight is 339 g/mol.